The van der Waals surface area contributed by atoms with Crippen molar-refractivity contribution in [3.05, 3.63) is 67.3 Å². The predicted octanol–water partition coefficient (Wildman–Crippen LogP) is 4.40. The second kappa shape index (κ2) is 12.6. The number of fused-ring (bicyclic) bond motifs is 1. The topological polar surface area (TPSA) is 145 Å². The first kappa shape index (κ1) is 29.7. The molecule has 0 fully saturated rings. The van der Waals surface area contributed by atoms with Crippen molar-refractivity contribution in [3.8, 4) is 0 Å². The van der Waals surface area contributed by atoms with E-state index in [-0.39, 0.29) is 6.54 Å². The van der Waals surface area contributed by atoms with Crippen molar-refractivity contribution >= 4 is 59.9 Å². The number of benzene rings is 1. The van der Waals surface area contributed by atoms with Crippen LogP contribution in [0.5, 0.6) is 0 Å². The molecule has 0 unspecified atom stereocenters. The lowest BCUT2D eigenvalue weighted by molar-refractivity contribution is -0.118. The van der Waals surface area contributed by atoms with Gasteiger partial charge in [-0.05, 0) is 30.3 Å². The Morgan fingerprint density at radius 1 is 1.07 bits per heavy atom. The Labute approximate surface area is 251 Å². The van der Waals surface area contributed by atoms with E-state index < -0.39 is 14.0 Å². The summed E-state index contributed by atoms with van der Waals surface area (Å²) in [7, 11) is 2.66. The van der Waals surface area contributed by atoms with E-state index in [9.17, 15) is 4.79 Å². The number of amides is 1. The van der Waals surface area contributed by atoms with Crippen molar-refractivity contribution in [1.29, 1.82) is 0 Å². The zero-order chi connectivity index (χ0) is 30.6. The number of hydrogen-bond donors (Lipinski definition) is 2. The largest absolute Gasteiger partial charge is 0.368 e. The number of ether oxygens (including phenoxy) is 1. The number of rotatable bonds is 13. The van der Waals surface area contributed by atoms with Gasteiger partial charge in [0.05, 0.1) is 23.8 Å². The lowest BCUT2D eigenvalue weighted by atomic mass is 10.3. The molecule has 0 radical (unpaired) electrons. The zero-order valence-corrected chi connectivity index (χ0v) is 26.1. The fourth-order valence-electron chi connectivity index (χ4n) is 4.40. The molecule has 0 saturated heterocycles. The Hall–Kier alpha value is -4.82. The second-order valence-corrected chi connectivity index (χ2v) is 17.1. The third-order valence-electron chi connectivity index (χ3n) is 6.78. The molecule has 5 aromatic rings. The molecule has 1 aromatic carbocycles. The van der Waals surface area contributed by atoms with Crippen molar-refractivity contribution in [2.75, 3.05) is 35.5 Å². The van der Waals surface area contributed by atoms with Gasteiger partial charge in [0.1, 0.15) is 24.6 Å². The van der Waals surface area contributed by atoms with Crippen LogP contribution < -0.4 is 20.9 Å². The van der Waals surface area contributed by atoms with Crippen molar-refractivity contribution in [1.82, 2.24) is 34.3 Å². The summed E-state index contributed by atoms with van der Waals surface area (Å²) < 4.78 is 9.59. The van der Waals surface area contributed by atoms with Gasteiger partial charge in [0.25, 0.3) is 0 Å². The van der Waals surface area contributed by atoms with Crippen LogP contribution in [0.2, 0.25) is 25.7 Å². The Balaban J connectivity index is 1.37. The zero-order valence-electron chi connectivity index (χ0n) is 25.1. The average Bonchev–Trinajstić information content (AvgIpc) is 3.55. The predicted molar refractivity (Wildman–Crippen MR) is 171 cm³/mol. The van der Waals surface area contributed by atoms with E-state index in [2.05, 4.69) is 57.1 Å². The molecule has 43 heavy (non-hydrogen) atoms. The minimum atomic E-state index is -1.21. The molecule has 0 atom stereocenters. The van der Waals surface area contributed by atoms with E-state index >= 15 is 0 Å². The van der Waals surface area contributed by atoms with Gasteiger partial charge in [-0.3, -0.25) is 18.9 Å². The van der Waals surface area contributed by atoms with E-state index in [1.165, 1.54) is 4.68 Å². The summed E-state index contributed by atoms with van der Waals surface area (Å²) in [5.74, 6) is 1.30. The molecule has 0 saturated carbocycles. The number of pyridine rings is 1. The van der Waals surface area contributed by atoms with E-state index in [4.69, 9.17) is 20.4 Å². The molecular formula is C29H37N11O2Si. The molecule has 0 aliphatic rings. The van der Waals surface area contributed by atoms with E-state index in [0.717, 1.165) is 34.5 Å². The molecule has 3 N–H and O–H groups in total. The normalized spacial score (nSPS) is 11.6. The van der Waals surface area contributed by atoms with Crippen LogP contribution in [-0.2, 0) is 23.1 Å². The fraction of sp³-hybridized carbons (Fsp3) is 0.310. The smallest absolute Gasteiger partial charge is 0.239 e. The Kier molecular flexibility index (Phi) is 8.68. The molecule has 0 aliphatic heterocycles. The van der Waals surface area contributed by atoms with Gasteiger partial charge in [0.2, 0.25) is 17.8 Å². The van der Waals surface area contributed by atoms with Gasteiger partial charge in [0, 0.05) is 46.9 Å². The molecule has 4 heterocycles. The van der Waals surface area contributed by atoms with Gasteiger partial charge in [-0.1, -0.05) is 37.8 Å². The maximum atomic E-state index is 11.2. The van der Waals surface area contributed by atoms with Crippen LogP contribution in [0.15, 0.2) is 67.3 Å². The van der Waals surface area contributed by atoms with Crippen molar-refractivity contribution in [2.24, 2.45) is 12.8 Å². The summed E-state index contributed by atoms with van der Waals surface area (Å²) in [6.45, 7) is 8.13. The minimum Gasteiger partial charge on any atom is -0.368 e. The number of para-hydroxylation sites is 1. The van der Waals surface area contributed by atoms with Gasteiger partial charge in [-0.2, -0.15) is 10.1 Å². The molecule has 1 amide bonds. The van der Waals surface area contributed by atoms with Gasteiger partial charge in [-0.15, -0.1) is 0 Å². The van der Waals surface area contributed by atoms with E-state index in [1.807, 2.05) is 53.9 Å². The highest BCUT2D eigenvalue weighted by Gasteiger charge is 2.20. The van der Waals surface area contributed by atoms with E-state index in [1.54, 1.807) is 24.8 Å². The number of primary amides is 1. The lowest BCUT2D eigenvalue weighted by Crippen LogP contribution is -2.27. The first-order valence-corrected chi connectivity index (χ1v) is 17.7. The van der Waals surface area contributed by atoms with Crippen LogP contribution in [0.25, 0.3) is 11.2 Å². The summed E-state index contributed by atoms with van der Waals surface area (Å²) >= 11 is 0. The molecule has 0 aliphatic carbocycles. The standard InChI is InChI=1S/C29H37N11O2Si/c1-37(26-11-12-31-28(36-26)34-21-16-33-39(18-21)19-25(30)41)23-15-24-27(32-17-23)38(2)29(35-24)40(22-9-7-6-8-10-22)20-42-13-14-43(3,4)5/h6-12,15-18H,13-14,19-20H2,1-5H3,(H2,30,41)(H,31,34,36). The number of nitrogens with zero attached hydrogens (tertiary/aromatic N) is 9. The number of anilines is 6. The van der Waals surface area contributed by atoms with Crippen LogP contribution in [0.4, 0.5) is 34.8 Å². The number of aromatic nitrogens is 7. The van der Waals surface area contributed by atoms with Gasteiger partial charge < -0.3 is 20.7 Å². The fourth-order valence-corrected chi connectivity index (χ4v) is 5.16. The van der Waals surface area contributed by atoms with E-state index in [0.29, 0.717) is 30.8 Å². The maximum Gasteiger partial charge on any atom is 0.239 e. The molecule has 0 spiro atoms. The molecule has 0 bridgehead atoms. The first-order valence-electron chi connectivity index (χ1n) is 13.9. The minimum absolute atomic E-state index is 0.00916. The molecular weight excluding hydrogens is 562 g/mol. The number of nitrogens with one attached hydrogen (secondary N) is 1. The quantitative estimate of drug-likeness (QED) is 0.113. The highest BCUT2D eigenvalue weighted by atomic mass is 28.3. The molecule has 13 nitrogen and oxygen atoms in total. The summed E-state index contributed by atoms with van der Waals surface area (Å²) in [4.78, 5) is 33.9. The molecule has 4 aromatic heterocycles. The first-order chi connectivity index (χ1) is 20.6. The summed E-state index contributed by atoms with van der Waals surface area (Å²) in [6, 6.07) is 15.0. The number of aryl methyl sites for hydroxylation is 1. The molecule has 5 rings (SSSR count). The third-order valence-corrected chi connectivity index (χ3v) is 8.48. The van der Waals surface area contributed by atoms with Gasteiger partial charge in [-0.25, -0.2) is 15.0 Å². The lowest BCUT2D eigenvalue weighted by Gasteiger charge is -2.24. The SMILES string of the molecule is CN(c1cnc2c(c1)nc(N(COCC[Si](C)(C)C)c1ccccc1)n2C)c1ccnc(Nc2cnn(CC(N)=O)c2)n1. The number of carbonyl (C=O) groups is 1. The third kappa shape index (κ3) is 7.34. The molecule has 14 heteroatoms. The number of carbonyl (C=O) groups excluding carboxylic acids is 1. The summed E-state index contributed by atoms with van der Waals surface area (Å²) in [5.41, 5.74) is 9.20. The monoisotopic (exact) mass is 599 g/mol. The van der Waals surface area contributed by atoms with Crippen LogP contribution >= 0.6 is 0 Å². The summed E-state index contributed by atoms with van der Waals surface area (Å²) in [6.07, 6.45) is 6.71. The van der Waals surface area contributed by atoms with Gasteiger partial charge >= 0.3 is 0 Å². The van der Waals surface area contributed by atoms with Crippen molar-refractivity contribution in [3.63, 3.8) is 0 Å². The highest BCUT2D eigenvalue weighted by Crippen LogP contribution is 2.30. The summed E-state index contributed by atoms with van der Waals surface area (Å²) in [5, 5.41) is 7.23. The van der Waals surface area contributed by atoms with Crippen molar-refractivity contribution < 1.29 is 9.53 Å². The maximum absolute atomic E-state index is 11.2. The Morgan fingerprint density at radius 2 is 1.86 bits per heavy atom. The van der Waals surface area contributed by atoms with Crippen LogP contribution in [0.3, 0.4) is 0 Å². The van der Waals surface area contributed by atoms with Crippen LogP contribution in [0.1, 0.15) is 0 Å². The Morgan fingerprint density at radius 3 is 2.60 bits per heavy atom. The second-order valence-electron chi connectivity index (χ2n) is 11.4. The van der Waals surface area contributed by atoms with Crippen LogP contribution in [-0.4, -0.2) is 68.6 Å². The highest BCUT2D eigenvalue weighted by molar-refractivity contribution is 6.76. The Bertz CT molecular complexity index is 1700. The number of nitrogens with two attached hydrogens (primary N) is 1. The number of hydrogen-bond acceptors (Lipinski definition) is 10. The van der Waals surface area contributed by atoms with Gasteiger partial charge in [0.15, 0.2) is 5.65 Å². The van der Waals surface area contributed by atoms with Crippen LogP contribution in [0, 0.1) is 0 Å². The molecule has 224 valence electrons. The average molecular weight is 600 g/mol. The number of imidazole rings is 1. The van der Waals surface area contributed by atoms with Crippen molar-refractivity contribution in [2.45, 2.75) is 32.2 Å².